The van der Waals surface area contributed by atoms with Crippen LogP contribution in [0.3, 0.4) is 0 Å². The average molecular weight is 298 g/mol. The Kier molecular flexibility index (Phi) is 3.27. The van der Waals surface area contributed by atoms with Crippen LogP contribution in [0.5, 0.6) is 0 Å². The molecule has 1 saturated heterocycles. The minimum absolute atomic E-state index is 0.0489. The number of benzene rings is 1. The van der Waals surface area contributed by atoms with E-state index in [9.17, 15) is 9.90 Å². The summed E-state index contributed by atoms with van der Waals surface area (Å²) in [5.41, 5.74) is 0.969. The first-order chi connectivity index (χ1) is 7.89. The highest BCUT2D eigenvalue weighted by molar-refractivity contribution is 9.10. The molecule has 1 aromatic rings. The first-order valence-electron chi connectivity index (χ1n) is 5.67. The average Bonchev–Trinajstić information content (AvgIpc) is 2.58. The van der Waals surface area contributed by atoms with Gasteiger partial charge in [-0.2, -0.15) is 0 Å². The lowest BCUT2D eigenvalue weighted by atomic mass is 10.1. The highest BCUT2D eigenvalue weighted by atomic mass is 79.9. The Morgan fingerprint density at radius 3 is 2.76 bits per heavy atom. The van der Waals surface area contributed by atoms with E-state index in [4.69, 9.17) is 0 Å². The zero-order chi connectivity index (χ0) is 12.6. The van der Waals surface area contributed by atoms with Crippen LogP contribution in [0.4, 0.5) is 5.69 Å². The van der Waals surface area contributed by atoms with Crippen LogP contribution < -0.4 is 4.90 Å². The van der Waals surface area contributed by atoms with Gasteiger partial charge in [0.15, 0.2) is 5.78 Å². The summed E-state index contributed by atoms with van der Waals surface area (Å²) in [6, 6.07) is 5.70. The van der Waals surface area contributed by atoms with E-state index in [2.05, 4.69) is 20.8 Å². The zero-order valence-electron chi connectivity index (χ0n) is 10.0. The summed E-state index contributed by atoms with van der Waals surface area (Å²) in [6.45, 7) is 4.77. The van der Waals surface area contributed by atoms with Gasteiger partial charge >= 0.3 is 0 Å². The SMILES string of the molecule is CC(=O)c1cc(Br)ccc1N1CCC(C)(O)C1. The van der Waals surface area contributed by atoms with Crippen LogP contribution in [0.25, 0.3) is 0 Å². The number of halogens is 1. The van der Waals surface area contributed by atoms with Crippen molar-refractivity contribution in [2.45, 2.75) is 25.9 Å². The molecule has 1 aliphatic rings. The number of β-amino-alcohol motifs (C(OH)–C–C–N with tert-alkyl or cyclic N) is 1. The number of Topliss-reactive ketones (excluding diaryl/α,β-unsaturated/α-hetero) is 1. The van der Waals surface area contributed by atoms with Crippen LogP contribution in [0.15, 0.2) is 22.7 Å². The molecule has 0 bridgehead atoms. The van der Waals surface area contributed by atoms with Crippen molar-refractivity contribution >= 4 is 27.4 Å². The van der Waals surface area contributed by atoms with Crippen LogP contribution in [-0.4, -0.2) is 29.6 Å². The van der Waals surface area contributed by atoms with E-state index in [1.165, 1.54) is 0 Å². The second kappa shape index (κ2) is 4.42. The number of rotatable bonds is 2. The number of ketones is 1. The van der Waals surface area contributed by atoms with Crippen molar-refractivity contribution in [3.8, 4) is 0 Å². The summed E-state index contributed by atoms with van der Waals surface area (Å²) in [7, 11) is 0. The predicted molar refractivity (Wildman–Crippen MR) is 71.6 cm³/mol. The number of anilines is 1. The minimum Gasteiger partial charge on any atom is -0.388 e. The summed E-state index contributed by atoms with van der Waals surface area (Å²) in [5, 5.41) is 9.97. The molecule has 1 aromatic carbocycles. The molecule has 0 amide bonds. The van der Waals surface area contributed by atoms with Crippen molar-refractivity contribution < 1.29 is 9.90 Å². The van der Waals surface area contributed by atoms with Gasteiger partial charge in [-0.15, -0.1) is 0 Å². The molecule has 1 atom stereocenters. The normalized spacial score (nSPS) is 24.1. The maximum atomic E-state index is 11.6. The molecule has 1 unspecified atom stereocenters. The van der Waals surface area contributed by atoms with E-state index >= 15 is 0 Å². The molecule has 1 fully saturated rings. The number of carbonyl (C=O) groups excluding carboxylic acids is 1. The standard InChI is InChI=1S/C13H16BrNO2/c1-9(16)11-7-10(14)3-4-12(11)15-6-5-13(2,17)8-15/h3-4,7,17H,5-6,8H2,1-2H3. The van der Waals surface area contributed by atoms with Crippen molar-refractivity contribution in [3.05, 3.63) is 28.2 Å². The third kappa shape index (κ3) is 2.69. The Morgan fingerprint density at radius 1 is 1.53 bits per heavy atom. The van der Waals surface area contributed by atoms with Crippen LogP contribution in [0.1, 0.15) is 30.6 Å². The maximum absolute atomic E-state index is 11.6. The first kappa shape index (κ1) is 12.6. The number of hydrogen-bond donors (Lipinski definition) is 1. The number of aliphatic hydroxyl groups is 1. The van der Waals surface area contributed by atoms with Crippen molar-refractivity contribution in [3.63, 3.8) is 0 Å². The first-order valence-corrected chi connectivity index (χ1v) is 6.46. The number of hydrogen-bond acceptors (Lipinski definition) is 3. The summed E-state index contributed by atoms with van der Waals surface area (Å²) in [6.07, 6.45) is 0.737. The van der Waals surface area contributed by atoms with E-state index < -0.39 is 5.60 Å². The molecule has 3 nitrogen and oxygen atoms in total. The van der Waals surface area contributed by atoms with Crippen LogP contribution in [0.2, 0.25) is 0 Å². The van der Waals surface area contributed by atoms with Crippen molar-refractivity contribution in [2.24, 2.45) is 0 Å². The summed E-state index contributed by atoms with van der Waals surface area (Å²) >= 11 is 3.38. The predicted octanol–water partition coefficient (Wildman–Crippen LogP) is 2.61. The zero-order valence-corrected chi connectivity index (χ0v) is 11.6. The lowest BCUT2D eigenvalue weighted by Gasteiger charge is -2.23. The second-order valence-corrected chi connectivity index (χ2v) is 5.80. The van der Waals surface area contributed by atoms with Crippen molar-refractivity contribution in [1.82, 2.24) is 0 Å². The van der Waals surface area contributed by atoms with E-state index in [0.717, 1.165) is 23.1 Å². The van der Waals surface area contributed by atoms with Gasteiger partial charge in [-0.05, 0) is 38.5 Å². The van der Waals surface area contributed by atoms with Gasteiger partial charge in [0.05, 0.1) is 5.60 Å². The van der Waals surface area contributed by atoms with Crippen LogP contribution >= 0.6 is 15.9 Å². The highest BCUT2D eigenvalue weighted by Gasteiger charge is 2.32. The Balaban J connectivity index is 2.36. The van der Waals surface area contributed by atoms with Gasteiger partial charge in [-0.3, -0.25) is 4.79 Å². The van der Waals surface area contributed by atoms with Crippen molar-refractivity contribution in [2.75, 3.05) is 18.0 Å². The Morgan fingerprint density at radius 2 is 2.24 bits per heavy atom. The molecule has 1 heterocycles. The molecule has 0 spiro atoms. The van der Waals surface area contributed by atoms with Gasteiger partial charge < -0.3 is 10.0 Å². The van der Waals surface area contributed by atoms with Crippen molar-refractivity contribution in [1.29, 1.82) is 0 Å². The quantitative estimate of drug-likeness (QED) is 0.853. The van der Waals surface area contributed by atoms with Crippen LogP contribution in [0, 0.1) is 0 Å². The molecule has 0 aliphatic carbocycles. The molecule has 0 saturated carbocycles. The van der Waals surface area contributed by atoms with E-state index in [1.807, 2.05) is 25.1 Å². The highest BCUT2D eigenvalue weighted by Crippen LogP contribution is 2.31. The largest absolute Gasteiger partial charge is 0.388 e. The molecule has 92 valence electrons. The van der Waals surface area contributed by atoms with E-state index in [0.29, 0.717) is 12.1 Å². The lowest BCUT2D eigenvalue weighted by Crippen LogP contribution is -2.30. The second-order valence-electron chi connectivity index (χ2n) is 4.89. The van der Waals surface area contributed by atoms with Crippen LogP contribution in [-0.2, 0) is 0 Å². The third-order valence-corrected chi connectivity index (χ3v) is 3.62. The molecule has 2 rings (SSSR count). The van der Waals surface area contributed by atoms with Gasteiger partial charge in [0, 0.05) is 28.8 Å². The van der Waals surface area contributed by atoms with Gasteiger partial charge in [-0.25, -0.2) is 0 Å². The van der Waals surface area contributed by atoms with Gasteiger partial charge in [0.1, 0.15) is 0 Å². The third-order valence-electron chi connectivity index (χ3n) is 3.13. The minimum atomic E-state index is -0.652. The molecule has 1 aliphatic heterocycles. The molecule has 4 heteroatoms. The molecule has 1 N–H and O–H groups in total. The van der Waals surface area contributed by atoms with Gasteiger partial charge in [0.2, 0.25) is 0 Å². The number of nitrogens with zero attached hydrogens (tertiary/aromatic N) is 1. The summed E-state index contributed by atoms with van der Waals surface area (Å²) < 4.78 is 0.900. The molecule has 0 radical (unpaired) electrons. The summed E-state index contributed by atoms with van der Waals surface area (Å²) in [4.78, 5) is 13.7. The molecule has 17 heavy (non-hydrogen) atoms. The fourth-order valence-corrected chi connectivity index (χ4v) is 2.58. The maximum Gasteiger partial charge on any atom is 0.161 e. The summed E-state index contributed by atoms with van der Waals surface area (Å²) in [5.74, 6) is 0.0489. The Labute approximate surface area is 110 Å². The topological polar surface area (TPSA) is 40.5 Å². The Hall–Kier alpha value is -0.870. The van der Waals surface area contributed by atoms with Gasteiger partial charge in [0.25, 0.3) is 0 Å². The molecular formula is C13H16BrNO2. The van der Waals surface area contributed by atoms with E-state index in [-0.39, 0.29) is 5.78 Å². The fraction of sp³-hybridized carbons (Fsp3) is 0.462. The fourth-order valence-electron chi connectivity index (χ4n) is 2.22. The molecule has 0 aromatic heterocycles. The number of carbonyl (C=O) groups is 1. The monoisotopic (exact) mass is 297 g/mol. The molecular weight excluding hydrogens is 282 g/mol. The van der Waals surface area contributed by atoms with E-state index in [1.54, 1.807) is 6.92 Å². The van der Waals surface area contributed by atoms with Gasteiger partial charge in [-0.1, -0.05) is 15.9 Å². The smallest absolute Gasteiger partial charge is 0.161 e. The lowest BCUT2D eigenvalue weighted by molar-refractivity contribution is 0.0838. The Bertz CT molecular complexity index is 457.